The van der Waals surface area contributed by atoms with Crippen molar-refractivity contribution in [2.45, 2.75) is 129 Å². The number of nitrogens with one attached hydrogen (secondary N) is 3. The van der Waals surface area contributed by atoms with Crippen LogP contribution in [0.2, 0.25) is 0 Å². The number of rotatable bonds is 12. The van der Waals surface area contributed by atoms with Gasteiger partial charge in [-0.25, -0.2) is 0 Å². The topological polar surface area (TPSA) is 113 Å². The van der Waals surface area contributed by atoms with Gasteiger partial charge < -0.3 is 25.4 Å². The second-order valence-corrected chi connectivity index (χ2v) is 14.5. The molecule has 3 N–H and O–H groups in total. The zero-order valence-electron chi connectivity index (χ0n) is 29.9. The Bertz CT molecular complexity index is 1690. The lowest BCUT2D eigenvalue weighted by atomic mass is 9.85. The molecule has 2 aromatic carbocycles. The fourth-order valence-corrected chi connectivity index (χ4v) is 8.26. The summed E-state index contributed by atoms with van der Waals surface area (Å²) in [6.45, 7) is 7.13. The smallest absolute Gasteiger partial charge is 0.226 e. The van der Waals surface area contributed by atoms with E-state index in [4.69, 9.17) is 0 Å². The molecule has 1 fully saturated rings. The maximum atomic E-state index is 12.7. The Hall–Kier alpha value is -4.40. The predicted molar refractivity (Wildman–Crippen MR) is 199 cm³/mol. The van der Waals surface area contributed by atoms with Crippen LogP contribution >= 0.6 is 0 Å². The summed E-state index contributed by atoms with van der Waals surface area (Å²) in [5, 5.41) is 9.80. The molecule has 3 aromatic rings. The van der Waals surface area contributed by atoms with E-state index in [1.54, 1.807) is 0 Å². The highest BCUT2D eigenvalue weighted by Crippen LogP contribution is 2.39. The standard InChI is InChI=1S/C41H53N5O4/c1-4-32-25-34-36(12-8-13-38(34)47)45(32)26-28-16-18-30(19-17-28)43-39(48)14-9-15-40(49)44-31-22-20-29(21-23-31)42-35-24-27(3)46(41(50)5-2)37-11-7-6-10-33(35)37/h6-7,10-11,20-23,25,27-28,30,35,42H,4-5,8-9,12-19,24,26H2,1-3H3,(H,43,48)(H,44,49)/t27-,28?,30?,35+/m0/s1. The molecule has 3 amide bonds. The Labute approximate surface area is 296 Å². The number of fused-ring (bicyclic) bond motifs is 2. The second-order valence-electron chi connectivity index (χ2n) is 14.5. The summed E-state index contributed by atoms with van der Waals surface area (Å²) in [6, 6.07) is 18.3. The molecular weight excluding hydrogens is 626 g/mol. The van der Waals surface area contributed by atoms with Gasteiger partial charge in [-0.2, -0.15) is 0 Å². The number of anilines is 3. The van der Waals surface area contributed by atoms with E-state index in [0.717, 1.165) is 86.1 Å². The van der Waals surface area contributed by atoms with Crippen molar-refractivity contribution in [3.8, 4) is 0 Å². The molecule has 6 rings (SSSR count). The molecule has 0 spiro atoms. The van der Waals surface area contributed by atoms with E-state index < -0.39 is 0 Å². The van der Waals surface area contributed by atoms with Gasteiger partial charge in [0.25, 0.3) is 0 Å². The molecule has 266 valence electrons. The van der Waals surface area contributed by atoms with Gasteiger partial charge in [-0.1, -0.05) is 32.0 Å². The van der Waals surface area contributed by atoms with Crippen LogP contribution in [0.25, 0.3) is 0 Å². The van der Waals surface area contributed by atoms with Crippen LogP contribution in [0.1, 0.15) is 125 Å². The van der Waals surface area contributed by atoms with E-state index in [9.17, 15) is 19.2 Å². The minimum atomic E-state index is -0.102. The van der Waals surface area contributed by atoms with Crippen molar-refractivity contribution < 1.29 is 19.2 Å². The Morgan fingerprint density at radius 3 is 2.34 bits per heavy atom. The van der Waals surface area contributed by atoms with Crippen LogP contribution in [0.4, 0.5) is 17.1 Å². The first-order chi connectivity index (χ1) is 24.2. The van der Waals surface area contributed by atoms with Crippen molar-refractivity contribution in [1.82, 2.24) is 9.88 Å². The maximum Gasteiger partial charge on any atom is 0.226 e. The third-order valence-corrected chi connectivity index (χ3v) is 10.9. The molecule has 1 saturated carbocycles. The molecule has 0 bridgehead atoms. The summed E-state index contributed by atoms with van der Waals surface area (Å²) in [6.07, 6.45) is 10.0. The van der Waals surface area contributed by atoms with Gasteiger partial charge in [0, 0.05) is 78.3 Å². The van der Waals surface area contributed by atoms with Crippen molar-refractivity contribution in [1.29, 1.82) is 0 Å². The normalized spacial score (nSPS) is 21.6. The largest absolute Gasteiger partial charge is 0.378 e. The Balaban J connectivity index is 0.906. The lowest BCUT2D eigenvalue weighted by molar-refractivity contribution is -0.122. The van der Waals surface area contributed by atoms with Gasteiger partial charge in [0.05, 0.1) is 6.04 Å². The van der Waals surface area contributed by atoms with Crippen molar-refractivity contribution >= 4 is 40.6 Å². The number of benzene rings is 2. The molecule has 0 unspecified atom stereocenters. The third-order valence-electron chi connectivity index (χ3n) is 10.9. The van der Waals surface area contributed by atoms with Crippen LogP contribution in [0.15, 0.2) is 54.6 Å². The van der Waals surface area contributed by atoms with E-state index >= 15 is 0 Å². The lowest BCUT2D eigenvalue weighted by Crippen LogP contribution is -2.44. The quantitative estimate of drug-likeness (QED) is 0.181. The van der Waals surface area contributed by atoms with Crippen LogP contribution in [0.5, 0.6) is 0 Å². The van der Waals surface area contributed by atoms with Gasteiger partial charge >= 0.3 is 0 Å². The van der Waals surface area contributed by atoms with E-state index in [-0.39, 0.29) is 42.3 Å². The van der Waals surface area contributed by atoms with Crippen molar-refractivity contribution in [3.63, 3.8) is 0 Å². The minimum absolute atomic E-state index is 0.0173. The summed E-state index contributed by atoms with van der Waals surface area (Å²) >= 11 is 0. The molecule has 2 heterocycles. The summed E-state index contributed by atoms with van der Waals surface area (Å²) < 4.78 is 2.43. The highest BCUT2D eigenvalue weighted by Gasteiger charge is 2.33. The molecule has 9 heteroatoms. The van der Waals surface area contributed by atoms with Gasteiger partial charge in [0.2, 0.25) is 17.7 Å². The summed E-state index contributed by atoms with van der Waals surface area (Å²) in [5.41, 5.74) is 7.20. The molecule has 1 aliphatic heterocycles. The van der Waals surface area contributed by atoms with Gasteiger partial charge in [0.1, 0.15) is 0 Å². The van der Waals surface area contributed by atoms with E-state index in [1.807, 2.05) is 54.3 Å². The van der Waals surface area contributed by atoms with E-state index in [1.165, 1.54) is 11.4 Å². The van der Waals surface area contributed by atoms with Crippen molar-refractivity contribution in [3.05, 3.63) is 77.1 Å². The Morgan fingerprint density at radius 2 is 1.60 bits per heavy atom. The molecule has 0 saturated heterocycles. The number of aryl methyl sites for hydroxylation is 1. The SMILES string of the molecule is CCC(=O)N1c2ccccc2[C@H](Nc2ccc(NC(=O)CCCC(=O)NC3CCC(Cn4c(CC)cc5c4CCCC5=O)CC3)cc2)C[C@@H]1C. The average Bonchev–Trinajstić information content (AvgIpc) is 3.48. The highest BCUT2D eigenvalue weighted by atomic mass is 16.2. The molecule has 0 radical (unpaired) electrons. The van der Waals surface area contributed by atoms with Gasteiger partial charge in [-0.3, -0.25) is 19.2 Å². The van der Waals surface area contributed by atoms with Gasteiger partial charge in [0.15, 0.2) is 5.78 Å². The molecule has 50 heavy (non-hydrogen) atoms. The number of carbonyl (C=O) groups is 4. The first kappa shape index (κ1) is 35.4. The number of aromatic nitrogens is 1. The first-order valence-electron chi connectivity index (χ1n) is 18.8. The van der Waals surface area contributed by atoms with Crippen molar-refractivity contribution in [2.24, 2.45) is 5.92 Å². The van der Waals surface area contributed by atoms with Crippen LogP contribution in [-0.4, -0.2) is 40.2 Å². The highest BCUT2D eigenvalue weighted by molar-refractivity contribution is 5.98. The molecule has 3 aliphatic rings. The van der Waals surface area contributed by atoms with Crippen LogP contribution in [0.3, 0.4) is 0 Å². The molecule has 2 atom stereocenters. The maximum absolute atomic E-state index is 12.7. The first-order valence-corrected chi connectivity index (χ1v) is 18.8. The van der Waals surface area contributed by atoms with Gasteiger partial charge in [-0.15, -0.1) is 0 Å². The van der Waals surface area contributed by atoms with Crippen LogP contribution < -0.4 is 20.9 Å². The fraction of sp³-hybridized carbons (Fsp3) is 0.512. The average molecular weight is 680 g/mol. The van der Waals surface area contributed by atoms with Crippen molar-refractivity contribution in [2.75, 3.05) is 15.5 Å². The summed E-state index contributed by atoms with van der Waals surface area (Å²) in [7, 11) is 0. The van der Waals surface area contributed by atoms with E-state index in [0.29, 0.717) is 37.4 Å². The Morgan fingerprint density at radius 1 is 0.880 bits per heavy atom. The summed E-state index contributed by atoms with van der Waals surface area (Å²) in [4.78, 5) is 52.4. The number of nitrogens with zero attached hydrogens (tertiary/aromatic N) is 2. The second kappa shape index (κ2) is 16.1. The Kier molecular flexibility index (Phi) is 11.4. The number of hydrogen-bond donors (Lipinski definition) is 3. The molecule has 1 aromatic heterocycles. The number of para-hydroxylation sites is 1. The number of carbonyl (C=O) groups excluding carboxylic acids is 4. The fourth-order valence-electron chi connectivity index (χ4n) is 8.26. The third kappa shape index (κ3) is 8.14. The molecule has 9 nitrogen and oxygen atoms in total. The van der Waals surface area contributed by atoms with E-state index in [2.05, 4.69) is 46.5 Å². The predicted octanol–water partition coefficient (Wildman–Crippen LogP) is 7.74. The zero-order chi connectivity index (χ0) is 35.2. The number of hydrogen-bond acceptors (Lipinski definition) is 5. The number of Topliss-reactive ketones (excluding diaryl/α,β-unsaturated/α-hetero) is 1. The van der Waals surface area contributed by atoms with Crippen LogP contribution in [0, 0.1) is 5.92 Å². The van der Waals surface area contributed by atoms with Crippen LogP contribution in [-0.2, 0) is 33.8 Å². The molecular formula is C41H53N5O4. The summed E-state index contributed by atoms with van der Waals surface area (Å²) in [5.74, 6) is 0.906. The molecule has 2 aliphatic carbocycles. The minimum Gasteiger partial charge on any atom is -0.378 e. The monoisotopic (exact) mass is 679 g/mol. The number of amides is 3. The zero-order valence-corrected chi connectivity index (χ0v) is 29.9. The number of ketones is 1. The lowest BCUT2D eigenvalue weighted by Gasteiger charge is -2.40. The van der Waals surface area contributed by atoms with Gasteiger partial charge in [-0.05, 0) is 113 Å².